The Morgan fingerprint density at radius 1 is 0.850 bits per heavy atom. The first-order valence-corrected chi connectivity index (χ1v) is 15.1. The number of amides is 3. The maximum Gasteiger partial charge on any atom is 0.410 e. The molecule has 1 N–H and O–H groups in total. The van der Waals surface area contributed by atoms with Crippen LogP contribution in [0.5, 0.6) is 0 Å². The number of carbonyl (C=O) groups excluding carboxylic acids is 2. The molecule has 3 rings (SSSR count). The molecule has 8 nitrogen and oxygen atoms in total. The van der Waals surface area contributed by atoms with Gasteiger partial charge in [-0.3, -0.25) is 9.69 Å². The lowest BCUT2D eigenvalue weighted by atomic mass is 10.1. The molecule has 1 atom stereocenters. The van der Waals surface area contributed by atoms with Crippen LogP contribution in [0, 0.1) is 0 Å². The molecule has 0 aliphatic carbocycles. The predicted octanol–water partition coefficient (Wildman–Crippen LogP) is 6.92. The molecule has 0 fully saturated rings. The summed E-state index contributed by atoms with van der Waals surface area (Å²) in [6, 6.07) is 16.6. The van der Waals surface area contributed by atoms with Crippen LogP contribution in [-0.2, 0) is 29.2 Å². The van der Waals surface area contributed by atoms with E-state index in [-0.39, 0.29) is 5.91 Å². The summed E-state index contributed by atoms with van der Waals surface area (Å²) in [6.45, 7) is 6.89. The molecule has 0 aliphatic rings. The molecule has 1 aromatic carbocycles. The van der Waals surface area contributed by atoms with Crippen molar-refractivity contribution < 1.29 is 24.2 Å². The Kier molecular flexibility index (Phi) is 11.6. The molecular formula is C30H39N3O5S2. The smallest absolute Gasteiger partial charge is 0.410 e. The SMILES string of the molecule is CN(C(=O)OC(C)(C)C)C(CCCCN(Cc1ccccc1)C(=O)O)C(=O)N(Cc1cccs1)Cc1cccs1. The van der Waals surface area contributed by atoms with Crippen LogP contribution in [0.2, 0.25) is 0 Å². The summed E-state index contributed by atoms with van der Waals surface area (Å²) in [4.78, 5) is 45.6. The lowest BCUT2D eigenvalue weighted by Crippen LogP contribution is -2.50. The highest BCUT2D eigenvalue weighted by Gasteiger charge is 2.33. The van der Waals surface area contributed by atoms with Gasteiger partial charge in [-0.25, -0.2) is 9.59 Å². The van der Waals surface area contributed by atoms with Crippen LogP contribution >= 0.6 is 22.7 Å². The summed E-state index contributed by atoms with van der Waals surface area (Å²) in [7, 11) is 1.60. The maximum absolute atomic E-state index is 14.1. The summed E-state index contributed by atoms with van der Waals surface area (Å²) in [5.41, 5.74) is 0.215. The van der Waals surface area contributed by atoms with E-state index in [1.165, 1.54) is 9.80 Å². The van der Waals surface area contributed by atoms with Crippen molar-refractivity contribution in [3.05, 3.63) is 80.7 Å². The zero-order chi connectivity index (χ0) is 29.1. The summed E-state index contributed by atoms with van der Waals surface area (Å²) >= 11 is 3.17. The highest BCUT2D eigenvalue weighted by Crippen LogP contribution is 2.22. The lowest BCUT2D eigenvalue weighted by Gasteiger charge is -2.33. The molecule has 0 bridgehead atoms. The van der Waals surface area contributed by atoms with Crippen LogP contribution in [-0.4, -0.2) is 63.1 Å². The monoisotopic (exact) mass is 585 g/mol. The van der Waals surface area contributed by atoms with E-state index in [4.69, 9.17) is 4.74 Å². The van der Waals surface area contributed by atoms with Crippen molar-refractivity contribution in [2.24, 2.45) is 0 Å². The van der Waals surface area contributed by atoms with Crippen molar-refractivity contribution >= 4 is 40.8 Å². The van der Waals surface area contributed by atoms with Crippen LogP contribution in [0.1, 0.15) is 55.4 Å². The van der Waals surface area contributed by atoms with E-state index in [2.05, 4.69) is 0 Å². The van der Waals surface area contributed by atoms with Crippen LogP contribution in [0.25, 0.3) is 0 Å². The second kappa shape index (κ2) is 14.9. The van der Waals surface area contributed by atoms with Gasteiger partial charge in [0.2, 0.25) is 5.91 Å². The van der Waals surface area contributed by atoms with Crippen molar-refractivity contribution in [3.63, 3.8) is 0 Å². The number of nitrogens with zero attached hydrogens (tertiary/aromatic N) is 3. The highest BCUT2D eigenvalue weighted by atomic mass is 32.1. The van der Waals surface area contributed by atoms with E-state index in [0.717, 1.165) is 15.3 Å². The molecule has 216 valence electrons. The van der Waals surface area contributed by atoms with E-state index >= 15 is 0 Å². The summed E-state index contributed by atoms with van der Waals surface area (Å²) in [5.74, 6) is -0.158. The highest BCUT2D eigenvalue weighted by molar-refractivity contribution is 7.10. The lowest BCUT2D eigenvalue weighted by molar-refractivity contribution is -0.138. The van der Waals surface area contributed by atoms with Crippen molar-refractivity contribution in [3.8, 4) is 0 Å². The maximum atomic E-state index is 14.1. The van der Waals surface area contributed by atoms with Gasteiger partial charge in [-0.2, -0.15) is 0 Å². The summed E-state index contributed by atoms with van der Waals surface area (Å²) in [6.07, 6.45) is -0.0390. The van der Waals surface area contributed by atoms with Crippen molar-refractivity contribution in [1.29, 1.82) is 0 Å². The number of likely N-dealkylation sites (N-methyl/N-ethyl adjacent to an activating group) is 1. The molecule has 1 unspecified atom stereocenters. The molecule has 0 spiro atoms. The standard InChI is InChI=1S/C30H39N3O5S2/c1-30(2,3)38-29(37)31(4)26(16-8-9-17-32(28(35)36)20-23-12-6-5-7-13-23)27(34)33(21-24-14-10-18-39-24)22-25-15-11-19-40-25/h5-7,10-15,18-19,26H,8-9,16-17,20-22H2,1-4H3,(H,35,36). The normalized spacial score (nSPS) is 12.0. The average molecular weight is 586 g/mol. The number of thiophene rings is 2. The van der Waals surface area contributed by atoms with Gasteiger partial charge in [-0.05, 0) is 68.5 Å². The third-order valence-corrected chi connectivity index (χ3v) is 7.96. The Morgan fingerprint density at radius 3 is 1.95 bits per heavy atom. The fourth-order valence-electron chi connectivity index (χ4n) is 4.23. The largest absolute Gasteiger partial charge is 0.465 e. The van der Waals surface area contributed by atoms with Gasteiger partial charge in [0.25, 0.3) is 0 Å². The number of benzene rings is 1. The molecule has 0 radical (unpaired) electrons. The molecule has 10 heteroatoms. The average Bonchev–Trinajstić information content (AvgIpc) is 3.61. The van der Waals surface area contributed by atoms with Crippen molar-refractivity contribution in [2.45, 2.75) is 71.3 Å². The van der Waals surface area contributed by atoms with Crippen molar-refractivity contribution in [1.82, 2.24) is 14.7 Å². The number of hydrogen-bond donors (Lipinski definition) is 1. The van der Waals surface area contributed by atoms with Crippen molar-refractivity contribution in [2.75, 3.05) is 13.6 Å². The minimum absolute atomic E-state index is 0.158. The second-order valence-corrected chi connectivity index (χ2v) is 12.7. The number of hydrogen-bond acceptors (Lipinski definition) is 6. The molecule has 0 aliphatic heterocycles. The molecule has 3 amide bonds. The van der Waals surface area contributed by atoms with Crippen LogP contribution in [0.3, 0.4) is 0 Å². The zero-order valence-electron chi connectivity index (χ0n) is 23.6. The Hall–Kier alpha value is -3.37. The molecule has 2 heterocycles. The first kappa shape index (κ1) is 31.2. The fraction of sp³-hybridized carbons (Fsp3) is 0.433. The number of ether oxygens (including phenoxy) is 1. The third kappa shape index (κ3) is 9.98. The van der Waals surface area contributed by atoms with Crippen LogP contribution < -0.4 is 0 Å². The number of rotatable bonds is 13. The summed E-state index contributed by atoms with van der Waals surface area (Å²) < 4.78 is 5.60. The number of carboxylic acid groups (broad SMARTS) is 1. The summed E-state index contributed by atoms with van der Waals surface area (Å²) in [5, 5.41) is 13.7. The predicted molar refractivity (Wildman–Crippen MR) is 159 cm³/mol. The van der Waals surface area contributed by atoms with E-state index in [0.29, 0.717) is 45.4 Å². The number of unbranched alkanes of at least 4 members (excludes halogenated alkanes) is 1. The van der Waals surface area contributed by atoms with Gasteiger partial charge in [0.1, 0.15) is 11.6 Å². The van der Waals surface area contributed by atoms with E-state index in [1.54, 1.807) is 55.4 Å². The molecule has 2 aromatic heterocycles. The molecule has 40 heavy (non-hydrogen) atoms. The first-order valence-electron chi connectivity index (χ1n) is 13.3. The van der Waals surface area contributed by atoms with Gasteiger partial charge < -0.3 is 19.6 Å². The Morgan fingerprint density at radius 2 is 1.45 bits per heavy atom. The van der Waals surface area contributed by atoms with Gasteiger partial charge >= 0.3 is 12.2 Å². The van der Waals surface area contributed by atoms with Gasteiger partial charge in [0.05, 0.1) is 13.1 Å². The van der Waals surface area contributed by atoms with E-state index < -0.39 is 23.8 Å². The Balaban J connectivity index is 1.74. The molecule has 3 aromatic rings. The zero-order valence-corrected chi connectivity index (χ0v) is 25.2. The molecule has 0 saturated heterocycles. The van der Waals surface area contributed by atoms with Gasteiger partial charge in [0.15, 0.2) is 0 Å². The Bertz CT molecular complexity index is 1160. The van der Waals surface area contributed by atoms with Gasteiger partial charge in [-0.15, -0.1) is 22.7 Å². The first-order chi connectivity index (χ1) is 19.0. The quantitative estimate of drug-likeness (QED) is 0.220. The minimum Gasteiger partial charge on any atom is -0.465 e. The van der Waals surface area contributed by atoms with E-state index in [9.17, 15) is 19.5 Å². The van der Waals surface area contributed by atoms with Gasteiger partial charge in [-0.1, -0.05) is 42.5 Å². The molecule has 0 saturated carbocycles. The second-order valence-electron chi connectivity index (χ2n) is 10.6. The van der Waals surface area contributed by atoms with Crippen LogP contribution in [0.15, 0.2) is 65.4 Å². The van der Waals surface area contributed by atoms with E-state index in [1.807, 2.05) is 65.4 Å². The molecular weight excluding hydrogens is 546 g/mol. The topological polar surface area (TPSA) is 90.4 Å². The van der Waals surface area contributed by atoms with Gasteiger partial charge in [0, 0.05) is 29.9 Å². The minimum atomic E-state index is -0.986. The fourth-order valence-corrected chi connectivity index (χ4v) is 5.67. The van der Waals surface area contributed by atoms with Crippen LogP contribution in [0.4, 0.5) is 9.59 Å². The Labute approximate surface area is 244 Å². The third-order valence-electron chi connectivity index (χ3n) is 6.24. The number of carbonyl (C=O) groups is 3.